The first-order valence-electron chi connectivity index (χ1n) is 12.8. The molecular formula is C27H29F3N4O4. The highest BCUT2D eigenvalue weighted by atomic mass is 19.4. The Morgan fingerprint density at radius 1 is 0.974 bits per heavy atom. The zero-order valence-corrected chi connectivity index (χ0v) is 21.0. The summed E-state index contributed by atoms with van der Waals surface area (Å²) in [5.74, 6) is 0.566. The van der Waals surface area contributed by atoms with Crippen molar-refractivity contribution in [2.45, 2.75) is 69.8 Å². The number of benzene rings is 1. The number of hydrogen-bond donors (Lipinski definition) is 1. The molecule has 0 radical (unpaired) electrons. The Kier molecular flexibility index (Phi) is 7.27. The molecule has 0 spiro atoms. The summed E-state index contributed by atoms with van der Waals surface area (Å²) < 4.78 is 46.4. The first kappa shape index (κ1) is 26.0. The second kappa shape index (κ2) is 10.6. The molecule has 202 valence electrons. The fourth-order valence-electron chi connectivity index (χ4n) is 5.53. The number of amides is 1. The number of esters is 1. The number of hydrogen-bond acceptors (Lipinski definition) is 6. The number of ether oxygens (including phenoxy) is 2. The summed E-state index contributed by atoms with van der Waals surface area (Å²) >= 11 is 0. The lowest BCUT2D eigenvalue weighted by Crippen LogP contribution is -2.38. The van der Waals surface area contributed by atoms with Gasteiger partial charge in [-0.2, -0.15) is 0 Å². The maximum atomic E-state index is 12.9. The third-order valence-electron chi connectivity index (χ3n) is 7.38. The monoisotopic (exact) mass is 530 g/mol. The highest BCUT2D eigenvalue weighted by Gasteiger charge is 2.32. The molecule has 38 heavy (non-hydrogen) atoms. The number of carbonyl (C=O) groups excluding carboxylic acids is 2. The van der Waals surface area contributed by atoms with E-state index in [-0.39, 0.29) is 35.6 Å². The largest absolute Gasteiger partial charge is 0.573 e. The molecule has 5 rings (SSSR count). The van der Waals surface area contributed by atoms with Crippen LogP contribution in [0.4, 0.5) is 13.2 Å². The van der Waals surface area contributed by atoms with Gasteiger partial charge in [0, 0.05) is 37.7 Å². The predicted octanol–water partition coefficient (Wildman–Crippen LogP) is 5.47. The maximum Gasteiger partial charge on any atom is 0.573 e. The van der Waals surface area contributed by atoms with Gasteiger partial charge in [-0.3, -0.25) is 9.59 Å². The number of nitrogens with zero attached hydrogens (tertiary/aromatic N) is 3. The van der Waals surface area contributed by atoms with Crippen LogP contribution in [0.3, 0.4) is 0 Å². The van der Waals surface area contributed by atoms with Gasteiger partial charge in [0.05, 0.1) is 0 Å². The number of piperidine rings is 1. The fraction of sp³-hybridized carbons (Fsp3) is 0.481. The number of alkyl halides is 3. The van der Waals surface area contributed by atoms with Gasteiger partial charge in [0.25, 0.3) is 5.91 Å². The molecule has 1 saturated carbocycles. The van der Waals surface area contributed by atoms with Gasteiger partial charge in [0.1, 0.15) is 23.2 Å². The van der Waals surface area contributed by atoms with Gasteiger partial charge in [-0.15, -0.1) is 13.2 Å². The summed E-state index contributed by atoms with van der Waals surface area (Å²) in [6.45, 7) is 2.50. The molecule has 2 aromatic heterocycles. The maximum absolute atomic E-state index is 12.9. The van der Waals surface area contributed by atoms with Crippen molar-refractivity contribution in [3.63, 3.8) is 0 Å². The lowest BCUT2D eigenvalue weighted by molar-refractivity contribution is -0.274. The molecule has 3 aromatic rings. The minimum atomic E-state index is -4.77. The lowest BCUT2D eigenvalue weighted by atomic mass is 9.87. The number of aromatic nitrogens is 3. The van der Waals surface area contributed by atoms with Crippen molar-refractivity contribution in [1.29, 1.82) is 0 Å². The molecular weight excluding hydrogens is 501 g/mol. The van der Waals surface area contributed by atoms with E-state index in [4.69, 9.17) is 9.72 Å². The summed E-state index contributed by atoms with van der Waals surface area (Å²) in [5, 5.41) is 0. The third-order valence-corrected chi connectivity index (χ3v) is 7.38. The number of pyridine rings is 1. The molecule has 11 heteroatoms. The zero-order valence-electron chi connectivity index (χ0n) is 21.0. The molecule has 0 bridgehead atoms. The number of nitrogens with one attached hydrogen (secondary N) is 1. The van der Waals surface area contributed by atoms with E-state index in [1.165, 1.54) is 19.1 Å². The number of imidazole rings is 1. The fourth-order valence-corrected chi connectivity index (χ4v) is 5.53. The van der Waals surface area contributed by atoms with E-state index in [0.717, 1.165) is 73.2 Å². The van der Waals surface area contributed by atoms with E-state index in [0.29, 0.717) is 18.7 Å². The normalized spacial score (nSPS) is 20.9. The van der Waals surface area contributed by atoms with Crippen LogP contribution in [-0.2, 0) is 9.53 Å². The smallest absolute Gasteiger partial charge is 0.463 e. The highest BCUT2D eigenvalue weighted by molar-refractivity contribution is 5.94. The zero-order chi connectivity index (χ0) is 26.9. The molecule has 1 aromatic carbocycles. The minimum absolute atomic E-state index is 0.0270. The van der Waals surface area contributed by atoms with Crippen LogP contribution in [-0.4, -0.2) is 57.3 Å². The summed E-state index contributed by atoms with van der Waals surface area (Å²) in [4.78, 5) is 38.7. The van der Waals surface area contributed by atoms with Gasteiger partial charge >= 0.3 is 12.3 Å². The van der Waals surface area contributed by atoms with Gasteiger partial charge in [0.2, 0.25) is 0 Å². The molecule has 8 nitrogen and oxygen atoms in total. The number of rotatable bonds is 5. The summed E-state index contributed by atoms with van der Waals surface area (Å²) in [7, 11) is 0. The van der Waals surface area contributed by atoms with Crippen LogP contribution in [0.5, 0.6) is 5.75 Å². The number of aromatic amines is 1. The first-order chi connectivity index (χ1) is 18.2. The van der Waals surface area contributed by atoms with Gasteiger partial charge in [0.15, 0.2) is 5.65 Å². The molecule has 0 atom stereocenters. The van der Waals surface area contributed by atoms with Crippen LogP contribution in [0, 0.1) is 0 Å². The first-order valence-corrected chi connectivity index (χ1v) is 12.8. The summed E-state index contributed by atoms with van der Waals surface area (Å²) in [6.07, 6.45) is 1.86. The highest BCUT2D eigenvalue weighted by Crippen LogP contribution is 2.36. The third kappa shape index (κ3) is 5.92. The number of carbonyl (C=O) groups is 2. The van der Waals surface area contributed by atoms with Crippen molar-refractivity contribution < 1.29 is 32.2 Å². The van der Waals surface area contributed by atoms with Crippen molar-refractivity contribution in [1.82, 2.24) is 19.9 Å². The second-order valence-corrected chi connectivity index (χ2v) is 9.94. The molecule has 1 N–H and O–H groups in total. The Morgan fingerprint density at radius 3 is 2.29 bits per heavy atom. The lowest BCUT2D eigenvalue weighted by Gasteiger charge is -2.32. The Morgan fingerprint density at radius 2 is 1.66 bits per heavy atom. The topological polar surface area (TPSA) is 97.4 Å². The number of likely N-dealkylation sites (tertiary alicyclic amines) is 1. The van der Waals surface area contributed by atoms with E-state index in [1.54, 1.807) is 11.1 Å². The van der Waals surface area contributed by atoms with E-state index in [9.17, 15) is 22.8 Å². The van der Waals surface area contributed by atoms with Crippen LogP contribution >= 0.6 is 0 Å². The summed E-state index contributed by atoms with van der Waals surface area (Å²) in [6, 6.07) is 7.00. The van der Waals surface area contributed by atoms with E-state index >= 15 is 0 Å². The predicted molar refractivity (Wildman–Crippen MR) is 132 cm³/mol. The van der Waals surface area contributed by atoms with Gasteiger partial charge in [-0.25, -0.2) is 9.97 Å². The van der Waals surface area contributed by atoms with Crippen molar-refractivity contribution >= 4 is 23.0 Å². The van der Waals surface area contributed by atoms with Crippen molar-refractivity contribution in [3.8, 4) is 5.75 Å². The van der Waals surface area contributed by atoms with E-state index in [1.807, 2.05) is 6.07 Å². The SMILES string of the molecule is CC(=O)O[C@H]1CC[C@@H](c2nc3c(C4CCN(C(=O)c5ccc(OC(F)(F)F)cc5)CC4)ccnc3[nH]2)CC1. The van der Waals surface area contributed by atoms with Gasteiger partial charge < -0.3 is 19.4 Å². The number of halogens is 3. The quantitative estimate of drug-likeness (QED) is 0.440. The van der Waals surface area contributed by atoms with Crippen LogP contribution in [0.15, 0.2) is 36.5 Å². The summed E-state index contributed by atoms with van der Waals surface area (Å²) in [5.41, 5.74) is 3.03. The van der Waals surface area contributed by atoms with Crippen molar-refractivity contribution in [3.05, 3.63) is 53.5 Å². The number of fused-ring (bicyclic) bond motifs is 1. The molecule has 1 aliphatic carbocycles. The van der Waals surface area contributed by atoms with Gasteiger partial charge in [-0.1, -0.05) is 0 Å². The van der Waals surface area contributed by atoms with Crippen LogP contribution in [0.1, 0.15) is 79.0 Å². The van der Waals surface area contributed by atoms with E-state index < -0.39 is 6.36 Å². The average Bonchev–Trinajstić information content (AvgIpc) is 3.33. The van der Waals surface area contributed by atoms with Gasteiger partial charge in [-0.05, 0) is 80.3 Å². The minimum Gasteiger partial charge on any atom is -0.463 e. The molecule has 1 saturated heterocycles. The Bertz CT molecular complexity index is 1290. The van der Waals surface area contributed by atoms with Crippen LogP contribution < -0.4 is 4.74 Å². The number of H-pyrrole nitrogens is 1. The average molecular weight is 531 g/mol. The van der Waals surface area contributed by atoms with E-state index in [2.05, 4.69) is 14.7 Å². The molecule has 1 amide bonds. The van der Waals surface area contributed by atoms with Crippen LogP contribution in [0.2, 0.25) is 0 Å². The Balaban J connectivity index is 1.22. The second-order valence-electron chi connectivity index (χ2n) is 9.94. The Hall–Kier alpha value is -3.63. The van der Waals surface area contributed by atoms with Crippen molar-refractivity contribution in [2.75, 3.05) is 13.1 Å². The van der Waals surface area contributed by atoms with Crippen LogP contribution in [0.25, 0.3) is 11.2 Å². The Labute approximate surface area is 217 Å². The standard InChI is InChI=1S/C27H29F3N4O4/c1-16(35)37-20-6-2-18(3-7-20)24-32-23-22(10-13-31-25(23)33-24)17-11-14-34(15-12-17)26(36)19-4-8-21(9-5-19)38-27(28,29)30/h4-5,8-10,13,17-18,20H,2-3,6-7,11-12,14-15H2,1H3,(H,31,32,33)/t18-,20+. The molecule has 2 aliphatic rings. The molecule has 0 unspecified atom stereocenters. The van der Waals surface area contributed by atoms with Crippen molar-refractivity contribution in [2.24, 2.45) is 0 Å². The molecule has 1 aliphatic heterocycles. The molecule has 3 heterocycles. The molecule has 2 fully saturated rings.